The minimum atomic E-state index is -5.09. The second-order valence-corrected chi connectivity index (χ2v) is 5.76. The van der Waals surface area contributed by atoms with Gasteiger partial charge in [-0.3, -0.25) is 9.59 Å². The number of halogens is 6. The molecular formula is C16H20F6N2O6. The summed E-state index contributed by atoms with van der Waals surface area (Å²) in [6.45, 7) is 9.15. The van der Waals surface area contributed by atoms with Crippen molar-refractivity contribution in [2.24, 2.45) is 11.8 Å². The van der Waals surface area contributed by atoms with Crippen molar-refractivity contribution in [1.29, 1.82) is 0 Å². The van der Waals surface area contributed by atoms with E-state index in [2.05, 4.69) is 13.2 Å². The molecule has 0 heterocycles. The molecule has 0 bridgehead atoms. The molecule has 0 saturated carbocycles. The number of amides is 2. The van der Waals surface area contributed by atoms with Crippen molar-refractivity contribution in [3.05, 3.63) is 25.3 Å². The van der Waals surface area contributed by atoms with Crippen LogP contribution >= 0.6 is 0 Å². The molecule has 2 unspecified atom stereocenters. The van der Waals surface area contributed by atoms with Crippen LogP contribution in [0.15, 0.2) is 25.3 Å². The summed E-state index contributed by atoms with van der Waals surface area (Å²) >= 11 is 0. The highest BCUT2D eigenvalue weighted by molar-refractivity contribution is 5.87. The van der Waals surface area contributed by atoms with Gasteiger partial charge in [0.15, 0.2) is 0 Å². The van der Waals surface area contributed by atoms with Crippen LogP contribution in [0.3, 0.4) is 0 Å². The number of hydrogen-bond acceptors (Lipinski definition) is 4. The Labute approximate surface area is 166 Å². The zero-order chi connectivity index (χ0) is 24.4. The second kappa shape index (κ2) is 11.8. The number of carbonyl (C=O) groups excluding carboxylic acids is 2. The Morgan fingerprint density at radius 2 is 0.967 bits per heavy atom. The minimum Gasteiger partial charge on any atom is -0.480 e. The lowest BCUT2D eigenvalue weighted by Crippen LogP contribution is -2.49. The Bertz CT molecular complexity index is 606. The molecule has 30 heavy (non-hydrogen) atoms. The molecule has 0 radical (unpaired) electrons. The molecule has 172 valence electrons. The number of carbonyl (C=O) groups is 4. The number of nitrogens with one attached hydrogen (secondary N) is 2. The molecule has 0 aromatic heterocycles. The molecule has 4 N–H and O–H groups in total. The molecule has 0 aromatic carbocycles. The van der Waals surface area contributed by atoms with Crippen LogP contribution in [-0.4, -0.2) is 58.4 Å². The third-order valence-electron chi connectivity index (χ3n) is 3.42. The van der Waals surface area contributed by atoms with Gasteiger partial charge in [-0.2, -0.15) is 26.3 Å². The highest BCUT2D eigenvalue weighted by Crippen LogP contribution is 2.17. The van der Waals surface area contributed by atoms with E-state index in [1.807, 2.05) is 0 Å². The van der Waals surface area contributed by atoms with Crippen LogP contribution < -0.4 is 10.6 Å². The molecule has 0 spiro atoms. The van der Waals surface area contributed by atoms with Crippen LogP contribution in [0, 0.1) is 11.8 Å². The van der Waals surface area contributed by atoms with E-state index in [9.17, 15) is 45.5 Å². The highest BCUT2D eigenvalue weighted by Gasteiger charge is 2.42. The summed E-state index contributed by atoms with van der Waals surface area (Å²) in [6, 6.07) is -3.26. The predicted molar refractivity (Wildman–Crippen MR) is 90.0 cm³/mol. The van der Waals surface area contributed by atoms with Gasteiger partial charge in [0.05, 0.1) is 0 Å². The molecule has 14 heteroatoms. The van der Waals surface area contributed by atoms with E-state index >= 15 is 0 Å². The number of hydrogen-bond donors (Lipinski definition) is 4. The summed E-state index contributed by atoms with van der Waals surface area (Å²) in [4.78, 5) is 42.0. The average molecular weight is 450 g/mol. The van der Waals surface area contributed by atoms with Crippen LogP contribution in [0.4, 0.5) is 26.3 Å². The van der Waals surface area contributed by atoms with Crippen molar-refractivity contribution < 1.29 is 55.7 Å². The standard InChI is InChI=1S/2C8H10F3NO3/c2*1-3-4(2)5(6(13)14)12-7(15)8(9,10)11/h2*3-5H,1H2,2H3,(H,12,15)(H,13,14)/t4-,5-;/m0./s1. The van der Waals surface area contributed by atoms with Crippen LogP contribution in [0.2, 0.25) is 0 Å². The van der Waals surface area contributed by atoms with E-state index in [4.69, 9.17) is 10.2 Å². The molecule has 4 atom stereocenters. The number of alkyl halides is 6. The topological polar surface area (TPSA) is 133 Å². The van der Waals surface area contributed by atoms with Crippen LogP contribution in [-0.2, 0) is 19.2 Å². The molecule has 0 aromatic rings. The van der Waals surface area contributed by atoms with E-state index in [0.717, 1.165) is 12.2 Å². The van der Waals surface area contributed by atoms with Gasteiger partial charge in [0, 0.05) is 11.8 Å². The fourth-order valence-electron chi connectivity index (χ4n) is 1.55. The van der Waals surface area contributed by atoms with E-state index < -0.39 is 60.0 Å². The monoisotopic (exact) mass is 450 g/mol. The molecule has 8 nitrogen and oxygen atoms in total. The smallest absolute Gasteiger partial charge is 0.471 e. The molecule has 0 rings (SSSR count). The molecule has 0 aliphatic heterocycles. The number of aliphatic carboxylic acids is 2. The summed E-state index contributed by atoms with van der Waals surface area (Å²) in [7, 11) is 0. The minimum absolute atomic E-state index is 0.797. The van der Waals surface area contributed by atoms with Gasteiger partial charge >= 0.3 is 36.1 Å². The normalized spacial score (nSPS) is 15.2. The van der Waals surface area contributed by atoms with Gasteiger partial charge in [-0.15, -0.1) is 13.2 Å². The zero-order valence-electron chi connectivity index (χ0n) is 15.7. The maximum absolute atomic E-state index is 11.8. The SMILES string of the molecule is C=CC(C)C(NC(=O)C(F)(F)F)C(=O)O.C=C[C@H](C)[C@H](NC(=O)C(F)(F)F)C(=O)O. The van der Waals surface area contributed by atoms with Crippen LogP contribution in [0.25, 0.3) is 0 Å². The predicted octanol–water partition coefficient (Wildman–Crippen LogP) is 1.88. The van der Waals surface area contributed by atoms with Crippen molar-refractivity contribution in [2.45, 2.75) is 38.3 Å². The third-order valence-corrected chi connectivity index (χ3v) is 3.42. The average Bonchev–Trinajstić information content (AvgIpc) is 2.60. The van der Waals surface area contributed by atoms with Gasteiger partial charge in [0.2, 0.25) is 0 Å². The van der Waals surface area contributed by atoms with Gasteiger partial charge in [-0.05, 0) is 0 Å². The van der Waals surface area contributed by atoms with E-state index in [1.165, 1.54) is 24.5 Å². The first-order valence-corrected chi connectivity index (χ1v) is 7.86. The fraction of sp³-hybridized carbons (Fsp3) is 0.500. The van der Waals surface area contributed by atoms with E-state index in [-0.39, 0.29) is 0 Å². The second-order valence-electron chi connectivity index (χ2n) is 5.76. The Morgan fingerprint density at radius 3 is 1.10 bits per heavy atom. The maximum atomic E-state index is 11.8. The van der Waals surface area contributed by atoms with Gasteiger partial charge in [0.1, 0.15) is 12.1 Å². The molecule has 0 saturated heterocycles. The quantitative estimate of drug-likeness (QED) is 0.330. The number of carboxylic acids is 2. The molecule has 0 fully saturated rings. The summed E-state index contributed by atoms with van der Waals surface area (Å²) in [5.41, 5.74) is 0. The maximum Gasteiger partial charge on any atom is 0.471 e. The lowest BCUT2D eigenvalue weighted by atomic mass is 10.0. The van der Waals surface area contributed by atoms with Crippen molar-refractivity contribution in [1.82, 2.24) is 10.6 Å². The summed E-state index contributed by atoms with van der Waals surface area (Å²) in [5.74, 6) is -9.23. The number of rotatable bonds is 8. The molecule has 2 amide bonds. The first kappa shape index (κ1) is 29.1. The molecule has 0 aliphatic carbocycles. The van der Waals surface area contributed by atoms with Crippen molar-refractivity contribution in [3.63, 3.8) is 0 Å². The Kier molecular flexibility index (Phi) is 11.5. The Morgan fingerprint density at radius 1 is 0.733 bits per heavy atom. The zero-order valence-corrected chi connectivity index (χ0v) is 15.7. The Balaban J connectivity index is 0. The summed E-state index contributed by atoms with van der Waals surface area (Å²) < 4.78 is 70.9. The lowest BCUT2D eigenvalue weighted by molar-refractivity contribution is -0.175. The largest absolute Gasteiger partial charge is 0.480 e. The fourth-order valence-corrected chi connectivity index (χ4v) is 1.55. The number of carboxylic acid groups (broad SMARTS) is 2. The van der Waals surface area contributed by atoms with Gasteiger partial charge in [-0.25, -0.2) is 9.59 Å². The van der Waals surface area contributed by atoms with Gasteiger partial charge < -0.3 is 20.8 Å². The summed E-state index contributed by atoms with van der Waals surface area (Å²) in [6.07, 6.45) is -7.88. The van der Waals surface area contributed by atoms with Crippen molar-refractivity contribution in [2.75, 3.05) is 0 Å². The van der Waals surface area contributed by atoms with E-state index in [0.29, 0.717) is 0 Å². The van der Waals surface area contributed by atoms with Crippen molar-refractivity contribution in [3.8, 4) is 0 Å². The van der Waals surface area contributed by atoms with Crippen LogP contribution in [0.1, 0.15) is 13.8 Å². The Hall–Kier alpha value is -3.06. The van der Waals surface area contributed by atoms with Crippen molar-refractivity contribution >= 4 is 23.8 Å². The highest BCUT2D eigenvalue weighted by atomic mass is 19.4. The third kappa shape index (κ3) is 10.5. The first-order valence-electron chi connectivity index (χ1n) is 7.86. The molecular weight excluding hydrogens is 430 g/mol. The first-order chi connectivity index (χ1) is 13.4. The lowest BCUT2D eigenvalue weighted by Gasteiger charge is -2.19. The van der Waals surface area contributed by atoms with Crippen LogP contribution in [0.5, 0.6) is 0 Å². The van der Waals surface area contributed by atoms with Gasteiger partial charge in [-0.1, -0.05) is 26.0 Å². The summed E-state index contributed by atoms with van der Waals surface area (Å²) in [5, 5.41) is 19.9. The molecule has 0 aliphatic rings. The van der Waals surface area contributed by atoms with Gasteiger partial charge in [0.25, 0.3) is 0 Å². The van der Waals surface area contributed by atoms with E-state index in [1.54, 1.807) is 0 Å².